The lowest BCUT2D eigenvalue weighted by molar-refractivity contribution is -0.384. The summed E-state index contributed by atoms with van der Waals surface area (Å²) in [6, 6.07) is 13.6. The highest BCUT2D eigenvalue weighted by Gasteiger charge is 2.14. The Balaban J connectivity index is 1.92. The first kappa shape index (κ1) is 19.1. The fourth-order valence-electron chi connectivity index (χ4n) is 2.22. The summed E-state index contributed by atoms with van der Waals surface area (Å²) >= 11 is 0. The van der Waals surface area contributed by atoms with E-state index in [9.17, 15) is 14.9 Å². The topological polar surface area (TPSA) is 84.6 Å². The SMILES string of the molecule is CC(C)(C)c1ccc(C(=O)N/N=C/C=C/c2cccc([N+](=O)[O-])c2)cc1. The molecule has 2 aromatic rings. The summed E-state index contributed by atoms with van der Waals surface area (Å²) in [5, 5.41) is 14.6. The molecule has 0 atom stereocenters. The quantitative estimate of drug-likeness (QED) is 0.494. The Labute approximate surface area is 152 Å². The van der Waals surface area contributed by atoms with Gasteiger partial charge in [0, 0.05) is 23.9 Å². The number of nitrogens with one attached hydrogen (secondary N) is 1. The second kappa shape index (κ2) is 8.20. The number of hydrogen-bond donors (Lipinski definition) is 1. The van der Waals surface area contributed by atoms with Crippen LogP contribution in [-0.2, 0) is 5.41 Å². The zero-order valence-corrected chi connectivity index (χ0v) is 15.0. The molecule has 134 valence electrons. The van der Waals surface area contributed by atoms with E-state index in [1.165, 1.54) is 18.3 Å². The van der Waals surface area contributed by atoms with Gasteiger partial charge in [-0.05, 0) is 34.8 Å². The first-order chi connectivity index (χ1) is 12.3. The molecular formula is C20H21N3O3. The monoisotopic (exact) mass is 351 g/mol. The van der Waals surface area contributed by atoms with Crippen molar-refractivity contribution in [1.29, 1.82) is 0 Å². The normalized spacial score (nSPS) is 11.8. The molecule has 6 nitrogen and oxygen atoms in total. The van der Waals surface area contributed by atoms with Gasteiger partial charge in [0.2, 0.25) is 0 Å². The Morgan fingerprint density at radius 1 is 1.15 bits per heavy atom. The van der Waals surface area contributed by atoms with Crippen molar-refractivity contribution in [2.45, 2.75) is 26.2 Å². The molecule has 2 rings (SSSR count). The maximum atomic E-state index is 12.0. The lowest BCUT2D eigenvalue weighted by atomic mass is 9.87. The molecule has 0 aliphatic heterocycles. The molecule has 1 amide bonds. The van der Waals surface area contributed by atoms with Gasteiger partial charge in [-0.15, -0.1) is 0 Å². The number of nitrogens with zero attached hydrogens (tertiary/aromatic N) is 2. The summed E-state index contributed by atoms with van der Waals surface area (Å²) in [7, 11) is 0. The zero-order valence-electron chi connectivity index (χ0n) is 15.0. The largest absolute Gasteiger partial charge is 0.271 e. The standard InChI is InChI=1S/C20H21N3O3/c1-20(2,3)17-11-9-16(10-12-17)19(24)22-21-13-5-7-15-6-4-8-18(14-15)23(25)26/h4-14H,1-3H3,(H,22,24)/b7-5+,21-13+. The second-order valence-corrected chi connectivity index (χ2v) is 6.76. The minimum absolute atomic E-state index is 0.0242. The number of hydrogen-bond acceptors (Lipinski definition) is 4. The third-order valence-corrected chi connectivity index (χ3v) is 3.71. The number of allylic oxidation sites excluding steroid dienone is 1. The van der Waals surface area contributed by atoms with Crippen molar-refractivity contribution >= 4 is 23.9 Å². The molecular weight excluding hydrogens is 330 g/mol. The smallest absolute Gasteiger partial charge is 0.267 e. The number of benzene rings is 2. The minimum Gasteiger partial charge on any atom is -0.267 e. The molecule has 0 aliphatic carbocycles. The van der Waals surface area contributed by atoms with Crippen LogP contribution in [0.2, 0.25) is 0 Å². The Kier molecular flexibility index (Phi) is 6.01. The molecule has 2 aromatic carbocycles. The molecule has 0 saturated heterocycles. The second-order valence-electron chi connectivity index (χ2n) is 6.76. The van der Waals surface area contributed by atoms with Crippen LogP contribution in [-0.4, -0.2) is 17.0 Å². The van der Waals surface area contributed by atoms with Crippen LogP contribution in [0.5, 0.6) is 0 Å². The number of rotatable bonds is 5. The average Bonchev–Trinajstić information content (AvgIpc) is 2.61. The molecule has 0 saturated carbocycles. The number of hydrazone groups is 1. The van der Waals surface area contributed by atoms with Crippen molar-refractivity contribution < 1.29 is 9.72 Å². The van der Waals surface area contributed by atoms with Crippen LogP contribution in [0.1, 0.15) is 42.3 Å². The van der Waals surface area contributed by atoms with E-state index in [-0.39, 0.29) is 17.0 Å². The Bertz CT molecular complexity index is 847. The Morgan fingerprint density at radius 3 is 2.46 bits per heavy atom. The summed E-state index contributed by atoms with van der Waals surface area (Å²) < 4.78 is 0. The van der Waals surface area contributed by atoms with Gasteiger partial charge in [0.05, 0.1) is 4.92 Å². The molecule has 1 N–H and O–H groups in total. The van der Waals surface area contributed by atoms with E-state index in [1.807, 2.05) is 12.1 Å². The fourth-order valence-corrected chi connectivity index (χ4v) is 2.22. The van der Waals surface area contributed by atoms with E-state index >= 15 is 0 Å². The van der Waals surface area contributed by atoms with Gasteiger partial charge >= 0.3 is 0 Å². The summed E-state index contributed by atoms with van der Waals surface area (Å²) in [6.07, 6.45) is 4.68. The molecule has 0 spiro atoms. The molecule has 0 bridgehead atoms. The van der Waals surface area contributed by atoms with E-state index in [0.717, 1.165) is 5.56 Å². The van der Waals surface area contributed by atoms with Crippen molar-refractivity contribution in [3.05, 3.63) is 81.4 Å². The lowest BCUT2D eigenvalue weighted by Gasteiger charge is -2.18. The molecule has 0 aliphatic rings. The first-order valence-corrected chi connectivity index (χ1v) is 8.12. The lowest BCUT2D eigenvalue weighted by Crippen LogP contribution is -2.18. The molecule has 6 heteroatoms. The summed E-state index contributed by atoms with van der Waals surface area (Å²) in [5.74, 6) is -0.301. The highest BCUT2D eigenvalue weighted by atomic mass is 16.6. The number of non-ortho nitro benzene ring substituents is 1. The van der Waals surface area contributed by atoms with Crippen LogP contribution in [0.25, 0.3) is 6.08 Å². The van der Waals surface area contributed by atoms with Crippen LogP contribution in [0.15, 0.2) is 59.7 Å². The van der Waals surface area contributed by atoms with Crippen LogP contribution < -0.4 is 5.43 Å². The van der Waals surface area contributed by atoms with Gasteiger partial charge < -0.3 is 0 Å². The molecule has 0 heterocycles. The maximum absolute atomic E-state index is 12.0. The van der Waals surface area contributed by atoms with Gasteiger partial charge in [-0.2, -0.15) is 5.10 Å². The number of amides is 1. The summed E-state index contributed by atoms with van der Waals surface area (Å²) in [4.78, 5) is 22.3. The van der Waals surface area contributed by atoms with Crippen molar-refractivity contribution in [3.8, 4) is 0 Å². The first-order valence-electron chi connectivity index (χ1n) is 8.12. The highest BCUT2D eigenvalue weighted by molar-refractivity contribution is 5.94. The average molecular weight is 351 g/mol. The van der Waals surface area contributed by atoms with Gasteiger partial charge in [-0.25, -0.2) is 5.43 Å². The Morgan fingerprint density at radius 2 is 1.85 bits per heavy atom. The van der Waals surface area contributed by atoms with Crippen LogP contribution in [0, 0.1) is 10.1 Å². The van der Waals surface area contributed by atoms with Crippen molar-refractivity contribution in [3.63, 3.8) is 0 Å². The number of carbonyl (C=O) groups is 1. The number of carbonyl (C=O) groups excluding carboxylic acids is 1. The molecule has 0 aromatic heterocycles. The minimum atomic E-state index is -0.448. The van der Waals surface area contributed by atoms with E-state index in [4.69, 9.17) is 0 Å². The summed E-state index contributed by atoms with van der Waals surface area (Å²) in [6.45, 7) is 6.33. The van der Waals surface area contributed by atoms with Crippen molar-refractivity contribution in [1.82, 2.24) is 5.43 Å². The molecule has 26 heavy (non-hydrogen) atoms. The Hall–Kier alpha value is -3.28. The van der Waals surface area contributed by atoms with Crippen LogP contribution in [0.4, 0.5) is 5.69 Å². The predicted octanol–water partition coefficient (Wildman–Crippen LogP) is 4.32. The highest BCUT2D eigenvalue weighted by Crippen LogP contribution is 2.22. The van der Waals surface area contributed by atoms with Gasteiger partial charge in [0.15, 0.2) is 0 Å². The van der Waals surface area contributed by atoms with E-state index in [1.54, 1.807) is 36.4 Å². The van der Waals surface area contributed by atoms with Crippen LogP contribution >= 0.6 is 0 Å². The van der Waals surface area contributed by atoms with E-state index < -0.39 is 4.92 Å². The number of nitro benzene ring substituents is 1. The van der Waals surface area contributed by atoms with Gasteiger partial charge in [0.25, 0.3) is 11.6 Å². The van der Waals surface area contributed by atoms with Gasteiger partial charge in [-0.3, -0.25) is 14.9 Å². The predicted molar refractivity (Wildman–Crippen MR) is 103 cm³/mol. The molecule has 0 unspecified atom stereocenters. The molecule has 0 fully saturated rings. The number of nitro groups is 1. The van der Waals surface area contributed by atoms with Crippen LogP contribution in [0.3, 0.4) is 0 Å². The fraction of sp³-hybridized carbons (Fsp3) is 0.200. The van der Waals surface area contributed by atoms with Crippen molar-refractivity contribution in [2.24, 2.45) is 5.10 Å². The maximum Gasteiger partial charge on any atom is 0.271 e. The van der Waals surface area contributed by atoms with E-state index in [2.05, 4.69) is 31.3 Å². The third-order valence-electron chi connectivity index (χ3n) is 3.71. The van der Waals surface area contributed by atoms with E-state index in [0.29, 0.717) is 11.1 Å². The van der Waals surface area contributed by atoms with Gasteiger partial charge in [0.1, 0.15) is 0 Å². The molecule has 0 radical (unpaired) electrons. The van der Waals surface area contributed by atoms with Crippen molar-refractivity contribution in [2.75, 3.05) is 0 Å². The summed E-state index contributed by atoms with van der Waals surface area (Å²) in [5.41, 5.74) is 4.85. The van der Waals surface area contributed by atoms with Gasteiger partial charge in [-0.1, -0.05) is 51.1 Å². The zero-order chi connectivity index (χ0) is 19.2. The third kappa shape index (κ3) is 5.37.